The number of ether oxygens (including phenoxy) is 2. The number of unbranched alkanes of at least 4 members (excludes halogenated alkanes) is 12. The summed E-state index contributed by atoms with van der Waals surface area (Å²) in [4.78, 5) is 27.2. The quantitative estimate of drug-likeness (QED) is 0.0528. The van der Waals surface area contributed by atoms with Crippen molar-refractivity contribution in [3.8, 4) is 0 Å². The monoisotopic (exact) mass is 799 g/mol. The van der Waals surface area contributed by atoms with E-state index in [1.165, 1.54) is 103 Å². The van der Waals surface area contributed by atoms with E-state index in [0.717, 1.165) is 84.1 Å². The third kappa shape index (κ3) is 10.1. The number of benzene rings is 1. The molecule has 6 heterocycles. The van der Waals surface area contributed by atoms with Crippen molar-refractivity contribution in [2.75, 3.05) is 0 Å². The van der Waals surface area contributed by atoms with Crippen molar-refractivity contribution in [2.45, 2.75) is 218 Å². The smallest absolute Gasteiger partial charge is 0.351 e. The van der Waals surface area contributed by atoms with Crippen molar-refractivity contribution in [3.05, 3.63) is 57.9 Å². The van der Waals surface area contributed by atoms with Crippen LogP contribution in [0.2, 0.25) is 0 Å². The Hall–Kier alpha value is -3.82. The van der Waals surface area contributed by atoms with Gasteiger partial charge in [-0.05, 0) is 63.5 Å². The standard InChI is InChI=1S/C48H72N6O4/c1-5-7-9-11-13-15-17-19-37-29-39-25-27-41-43(33(3)49-47(51-37)53(39)41)45(55)57-31-35-21-23-36(24-22-35)32-58-46(56)44-34(4)50-48-52-38(20-18-16-14-12-10-8-6-2)30-40-26-28-42(44)54(40)48/h21-24,37-42H,5-20,25-32H2,1-4H3,(H2,49,50,51,52,55,56)/p+2/t37-,38-,39+,40+,41-,42-/m0/s1. The van der Waals surface area contributed by atoms with Gasteiger partial charge in [0.15, 0.2) is 0 Å². The first kappa shape index (κ1) is 42.3. The van der Waals surface area contributed by atoms with E-state index < -0.39 is 0 Å². The molecule has 10 nitrogen and oxygen atoms in total. The normalized spacial score (nSPS) is 25.8. The lowest BCUT2D eigenvalue weighted by Crippen LogP contribution is -2.59. The number of hydrogen-bond donors (Lipinski definition) is 4. The lowest BCUT2D eigenvalue weighted by atomic mass is 9.97. The largest absolute Gasteiger partial charge is 0.457 e. The Morgan fingerprint density at radius 1 is 0.569 bits per heavy atom. The molecule has 7 rings (SSSR count). The summed E-state index contributed by atoms with van der Waals surface area (Å²) >= 11 is 0. The van der Waals surface area contributed by atoms with Gasteiger partial charge in [-0.15, -0.1) is 0 Å². The van der Waals surface area contributed by atoms with Crippen molar-refractivity contribution >= 4 is 23.9 Å². The molecular formula is C48H74N6O4+2. The van der Waals surface area contributed by atoms with Crippen LogP contribution in [0.25, 0.3) is 0 Å². The first-order valence-electron chi connectivity index (χ1n) is 23.6. The van der Waals surface area contributed by atoms with Gasteiger partial charge in [-0.1, -0.05) is 128 Å². The Morgan fingerprint density at radius 3 is 1.34 bits per heavy atom. The Labute approximate surface area is 348 Å². The molecule has 58 heavy (non-hydrogen) atoms. The number of hydrogen-bond acceptors (Lipinski definition) is 8. The van der Waals surface area contributed by atoms with Crippen LogP contribution in [0.5, 0.6) is 0 Å². The van der Waals surface area contributed by atoms with E-state index in [-0.39, 0.29) is 37.2 Å². The predicted octanol–water partition coefficient (Wildman–Crippen LogP) is 8.33. The molecule has 2 fully saturated rings. The molecule has 0 radical (unpaired) electrons. The van der Waals surface area contributed by atoms with Crippen LogP contribution in [-0.2, 0) is 32.3 Å². The summed E-state index contributed by atoms with van der Waals surface area (Å²) in [5.41, 5.74) is 5.12. The molecule has 0 amide bonds. The maximum Gasteiger partial charge on any atom is 0.351 e. The molecule has 6 aliphatic heterocycles. The van der Waals surface area contributed by atoms with Crippen LogP contribution in [0, 0.1) is 0 Å². The highest BCUT2D eigenvalue weighted by molar-refractivity contribution is 5.94. The predicted molar refractivity (Wildman–Crippen MR) is 230 cm³/mol. The van der Waals surface area contributed by atoms with Gasteiger partial charge in [0.25, 0.3) is 0 Å². The molecule has 0 saturated carbocycles. The van der Waals surface area contributed by atoms with Crippen molar-refractivity contribution in [1.29, 1.82) is 0 Å². The van der Waals surface area contributed by atoms with E-state index in [1.807, 2.05) is 38.1 Å². The Kier molecular flexibility index (Phi) is 14.9. The van der Waals surface area contributed by atoms with Crippen LogP contribution in [0.4, 0.5) is 0 Å². The van der Waals surface area contributed by atoms with E-state index in [1.54, 1.807) is 0 Å². The number of nitrogens with zero attached hydrogens (tertiary/aromatic N) is 2. The number of esters is 2. The van der Waals surface area contributed by atoms with Crippen LogP contribution in [0.3, 0.4) is 0 Å². The second-order valence-corrected chi connectivity index (χ2v) is 18.3. The summed E-state index contributed by atoms with van der Waals surface area (Å²) in [6.07, 6.45) is 27.5. The maximum absolute atomic E-state index is 13.6. The van der Waals surface area contributed by atoms with Gasteiger partial charge in [0.2, 0.25) is 0 Å². The molecule has 1 aromatic rings. The second kappa shape index (κ2) is 20.4. The fourth-order valence-corrected chi connectivity index (χ4v) is 10.8. The Bertz CT molecular complexity index is 1600. The SMILES string of the molecule is CCCCCCCCC[C@H]1C[C@H]2CC[C@H]3C(C(=O)OCc4ccc(COC(=O)C5=C(C)NC6=[N+]7[C@H](CC[C@@H]57)C[C@H](CCCCCCCCC)N6)cc4)=C(C)NC(=[N+]23)N1. The molecule has 0 spiro atoms. The molecule has 6 aliphatic rings. The molecule has 318 valence electrons. The molecule has 0 bridgehead atoms. The average Bonchev–Trinajstić information content (AvgIpc) is 3.84. The minimum absolute atomic E-state index is 0.0540. The van der Waals surface area contributed by atoms with Gasteiger partial charge in [0, 0.05) is 12.8 Å². The number of rotatable bonds is 22. The molecule has 1 aromatic carbocycles. The maximum atomic E-state index is 13.6. The molecule has 10 heteroatoms. The highest BCUT2D eigenvalue weighted by Crippen LogP contribution is 2.36. The van der Waals surface area contributed by atoms with Crippen LogP contribution < -0.4 is 21.3 Å². The van der Waals surface area contributed by atoms with E-state index in [0.29, 0.717) is 24.2 Å². The lowest BCUT2D eigenvalue weighted by molar-refractivity contribution is -0.581. The average molecular weight is 799 g/mol. The Morgan fingerprint density at radius 2 is 0.948 bits per heavy atom. The van der Waals surface area contributed by atoms with Crippen LogP contribution in [0.15, 0.2) is 46.8 Å². The van der Waals surface area contributed by atoms with Gasteiger partial charge in [-0.2, -0.15) is 0 Å². The van der Waals surface area contributed by atoms with Crippen LogP contribution in [0.1, 0.15) is 180 Å². The lowest BCUT2D eigenvalue weighted by Gasteiger charge is -2.33. The van der Waals surface area contributed by atoms with Crippen LogP contribution in [-0.4, -0.2) is 69.3 Å². The Balaban J connectivity index is 0.846. The van der Waals surface area contributed by atoms with E-state index >= 15 is 0 Å². The fourth-order valence-electron chi connectivity index (χ4n) is 10.8. The summed E-state index contributed by atoms with van der Waals surface area (Å²) in [5.74, 6) is 1.66. The summed E-state index contributed by atoms with van der Waals surface area (Å²) in [7, 11) is 0. The van der Waals surface area contributed by atoms with Gasteiger partial charge < -0.3 is 9.47 Å². The van der Waals surface area contributed by atoms with Gasteiger partial charge in [-0.25, -0.2) is 20.2 Å². The summed E-state index contributed by atoms with van der Waals surface area (Å²) in [5, 5.41) is 14.7. The number of carbonyl (C=O) groups excluding carboxylic acids is 2. The van der Waals surface area contributed by atoms with Gasteiger partial charge in [0.05, 0.1) is 35.6 Å². The van der Waals surface area contributed by atoms with Crippen molar-refractivity contribution in [2.24, 2.45) is 0 Å². The van der Waals surface area contributed by atoms with Gasteiger partial charge in [-0.3, -0.25) is 19.8 Å². The summed E-state index contributed by atoms with van der Waals surface area (Å²) in [6, 6.07) is 9.86. The minimum Gasteiger partial charge on any atom is -0.457 e. The van der Waals surface area contributed by atoms with Crippen molar-refractivity contribution < 1.29 is 28.2 Å². The second-order valence-electron chi connectivity index (χ2n) is 18.3. The molecular weight excluding hydrogens is 725 g/mol. The third-order valence-corrected chi connectivity index (χ3v) is 13.9. The topological polar surface area (TPSA) is 107 Å². The molecule has 0 aliphatic carbocycles. The highest BCUT2D eigenvalue weighted by atomic mass is 16.5. The molecule has 4 N–H and O–H groups in total. The zero-order chi connectivity index (χ0) is 40.4. The first-order valence-corrected chi connectivity index (χ1v) is 23.6. The van der Waals surface area contributed by atoms with E-state index in [9.17, 15) is 9.59 Å². The zero-order valence-corrected chi connectivity index (χ0v) is 36.3. The van der Waals surface area contributed by atoms with Crippen molar-refractivity contribution in [1.82, 2.24) is 21.3 Å². The highest BCUT2D eigenvalue weighted by Gasteiger charge is 2.49. The van der Waals surface area contributed by atoms with Gasteiger partial charge >= 0.3 is 23.9 Å². The summed E-state index contributed by atoms with van der Waals surface area (Å²) in [6.45, 7) is 8.96. The minimum atomic E-state index is -0.246. The van der Waals surface area contributed by atoms with Gasteiger partial charge in [0.1, 0.15) is 36.4 Å². The third-order valence-electron chi connectivity index (χ3n) is 13.9. The van der Waals surface area contributed by atoms with Crippen LogP contribution >= 0.6 is 0 Å². The first-order chi connectivity index (χ1) is 28.3. The molecule has 2 saturated heterocycles. The molecule has 6 atom stereocenters. The molecule has 0 unspecified atom stereocenters. The zero-order valence-electron chi connectivity index (χ0n) is 36.3. The molecule has 0 aromatic heterocycles. The number of nitrogens with one attached hydrogen (secondary N) is 4. The summed E-state index contributed by atoms with van der Waals surface area (Å²) < 4.78 is 16.7. The van der Waals surface area contributed by atoms with E-state index in [4.69, 9.17) is 9.47 Å². The number of allylic oxidation sites excluding steroid dienone is 2. The fraction of sp³-hybridized carbons (Fsp3) is 0.708. The van der Waals surface area contributed by atoms with Crippen molar-refractivity contribution in [3.63, 3.8) is 0 Å². The van der Waals surface area contributed by atoms with E-state index in [2.05, 4.69) is 44.3 Å². The number of carbonyl (C=O) groups is 2. The number of guanidine groups is 2.